The maximum atomic E-state index is 13.2. The van der Waals surface area contributed by atoms with Gasteiger partial charge in [-0.3, -0.25) is 37.3 Å². The topological polar surface area (TPSA) is 237 Å². The first-order chi connectivity index (χ1) is 53.8. The van der Waals surface area contributed by atoms with Crippen molar-refractivity contribution in [2.45, 2.75) is 510 Å². The lowest BCUT2D eigenvalue weighted by Gasteiger charge is -2.21. The van der Waals surface area contributed by atoms with Crippen LogP contribution >= 0.6 is 15.6 Å². The summed E-state index contributed by atoms with van der Waals surface area (Å²) >= 11 is 0. The molecule has 19 heteroatoms. The van der Waals surface area contributed by atoms with E-state index in [9.17, 15) is 43.2 Å². The lowest BCUT2D eigenvalue weighted by molar-refractivity contribution is -0.161. The smallest absolute Gasteiger partial charge is 0.462 e. The summed E-state index contributed by atoms with van der Waals surface area (Å²) in [7, 11) is -9.94. The van der Waals surface area contributed by atoms with Crippen LogP contribution in [0.25, 0.3) is 0 Å². The minimum Gasteiger partial charge on any atom is -0.462 e. The van der Waals surface area contributed by atoms with E-state index in [-0.39, 0.29) is 25.7 Å². The second-order valence-corrected chi connectivity index (χ2v) is 37.2. The zero-order valence-corrected chi connectivity index (χ0v) is 75.2. The number of aliphatic hydroxyl groups excluding tert-OH is 1. The first kappa shape index (κ1) is 109. The van der Waals surface area contributed by atoms with Crippen molar-refractivity contribution >= 4 is 39.5 Å². The van der Waals surface area contributed by atoms with Crippen molar-refractivity contribution in [1.29, 1.82) is 0 Å². The van der Waals surface area contributed by atoms with Crippen LogP contribution in [0.2, 0.25) is 0 Å². The van der Waals surface area contributed by atoms with Gasteiger partial charge in [0.05, 0.1) is 26.4 Å². The summed E-state index contributed by atoms with van der Waals surface area (Å²) in [6, 6.07) is 0. The molecule has 0 aliphatic rings. The van der Waals surface area contributed by atoms with Crippen LogP contribution < -0.4 is 0 Å². The van der Waals surface area contributed by atoms with Crippen molar-refractivity contribution in [3.63, 3.8) is 0 Å². The lowest BCUT2D eigenvalue weighted by atomic mass is 9.99. The fourth-order valence-electron chi connectivity index (χ4n) is 14.4. The van der Waals surface area contributed by atoms with Crippen LogP contribution in [0, 0.1) is 17.8 Å². The van der Waals surface area contributed by atoms with E-state index in [2.05, 4.69) is 48.5 Å². The molecule has 0 radical (unpaired) electrons. The van der Waals surface area contributed by atoms with Crippen LogP contribution in [0.4, 0.5) is 0 Å². The van der Waals surface area contributed by atoms with Gasteiger partial charge in [-0.1, -0.05) is 440 Å². The minimum atomic E-state index is -4.97. The summed E-state index contributed by atoms with van der Waals surface area (Å²) in [5.41, 5.74) is 0. The number of carbonyl (C=O) groups excluding carboxylic acids is 4. The number of unbranched alkanes of at least 4 members (excludes halogenated alkanes) is 57. The standard InChI is InChI=1S/C92H180O17P2/c1-8-10-11-12-13-14-15-16-17-18-19-20-21-22-26-29-34-39-44-52-59-66-73-89(94)102-79-87(108-91(96)75-68-61-54-45-40-35-30-27-24-23-25-28-33-38-43-51-58-65-72-85(7)9-2)81-106-110(98,99)104-77-86(93)78-105-111(100,101)107-82-88(80-103-90(95)74-67-60-53-48-47-50-57-64-71-84(5)6)109-92(97)76-69-62-55-46-41-36-31-32-37-42-49-56-63-70-83(3)4/h83-88,93H,8-82H2,1-7H3,(H,98,99)(H,100,101)/t85?,86-,87-,88-/m1/s1. The van der Waals surface area contributed by atoms with Crippen molar-refractivity contribution in [2.24, 2.45) is 17.8 Å². The highest BCUT2D eigenvalue weighted by molar-refractivity contribution is 7.47. The number of phosphoric acid groups is 2. The molecule has 0 aromatic rings. The van der Waals surface area contributed by atoms with Gasteiger partial charge in [-0.05, 0) is 43.4 Å². The summed E-state index contributed by atoms with van der Waals surface area (Å²) in [4.78, 5) is 73.4. The van der Waals surface area contributed by atoms with E-state index in [1.807, 2.05) is 0 Å². The molecule has 0 aromatic carbocycles. The van der Waals surface area contributed by atoms with Crippen molar-refractivity contribution < 1.29 is 80.2 Å². The molecule has 0 spiro atoms. The van der Waals surface area contributed by atoms with E-state index in [1.54, 1.807) is 0 Å². The predicted molar refractivity (Wildman–Crippen MR) is 460 cm³/mol. The molecule has 17 nitrogen and oxygen atoms in total. The maximum Gasteiger partial charge on any atom is 0.472 e. The Morgan fingerprint density at radius 1 is 0.261 bits per heavy atom. The highest BCUT2D eigenvalue weighted by Gasteiger charge is 2.31. The number of ether oxygens (including phenoxy) is 4. The molecule has 6 atom stereocenters. The first-order valence-corrected chi connectivity index (χ1v) is 50.4. The number of esters is 4. The van der Waals surface area contributed by atoms with Crippen LogP contribution in [-0.4, -0.2) is 96.7 Å². The molecule has 660 valence electrons. The van der Waals surface area contributed by atoms with Gasteiger partial charge in [-0.2, -0.15) is 0 Å². The van der Waals surface area contributed by atoms with E-state index in [1.165, 1.54) is 302 Å². The van der Waals surface area contributed by atoms with Gasteiger partial charge in [-0.15, -0.1) is 0 Å². The van der Waals surface area contributed by atoms with Gasteiger partial charge in [0, 0.05) is 25.7 Å². The third-order valence-electron chi connectivity index (χ3n) is 22.0. The van der Waals surface area contributed by atoms with E-state index in [4.69, 9.17) is 37.0 Å². The number of hydrogen-bond acceptors (Lipinski definition) is 15. The maximum absolute atomic E-state index is 13.2. The molecule has 0 aliphatic heterocycles. The number of hydrogen-bond donors (Lipinski definition) is 3. The summed E-state index contributed by atoms with van der Waals surface area (Å²) < 4.78 is 69.1. The SMILES string of the molecule is CCCCCCCCCCCCCCCCCCCCCCCCC(=O)OC[C@H](COP(=O)(O)OC[C@@H](O)COP(=O)(O)OC[C@@H](COC(=O)CCCCCCCCCCC(C)C)OC(=O)CCCCCCCCCCCCCCCC(C)C)OC(=O)CCCCCCCCCCCCCCCCCCCCC(C)CC. The molecular weight excluding hydrogens is 1440 g/mol. The third-order valence-corrected chi connectivity index (χ3v) is 23.9. The Morgan fingerprint density at radius 3 is 0.685 bits per heavy atom. The summed E-state index contributed by atoms with van der Waals surface area (Å²) in [6.45, 7) is 12.1. The first-order valence-electron chi connectivity index (χ1n) is 47.4. The Hall–Kier alpha value is -1.94. The van der Waals surface area contributed by atoms with Crippen LogP contribution in [0.5, 0.6) is 0 Å². The van der Waals surface area contributed by atoms with E-state index in [0.29, 0.717) is 25.7 Å². The van der Waals surface area contributed by atoms with Crippen molar-refractivity contribution in [1.82, 2.24) is 0 Å². The molecular formula is C92H180O17P2. The second-order valence-electron chi connectivity index (χ2n) is 34.2. The van der Waals surface area contributed by atoms with E-state index >= 15 is 0 Å². The molecule has 0 aliphatic carbocycles. The fraction of sp³-hybridized carbons (Fsp3) is 0.957. The van der Waals surface area contributed by atoms with Crippen molar-refractivity contribution in [3.8, 4) is 0 Å². The Labute approximate surface area is 683 Å². The van der Waals surface area contributed by atoms with Gasteiger partial charge in [0.2, 0.25) is 0 Å². The summed E-state index contributed by atoms with van der Waals surface area (Å²) in [5.74, 6) is 0.284. The highest BCUT2D eigenvalue weighted by Crippen LogP contribution is 2.45. The van der Waals surface area contributed by atoms with Crippen LogP contribution in [-0.2, 0) is 65.4 Å². The van der Waals surface area contributed by atoms with E-state index < -0.39 is 97.5 Å². The number of rotatable bonds is 90. The monoisotopic (exact) mass is 1620 g/mol. The Kier molecular flexibility index (Phi) is 80.4. The fourth-order valence-corrected chi connectivity index (χ4v) is 16.0. The molecule has 0 fully saturated rings. The van der Waals surface area contributed by atoms with Crippen LogP contribution in [0.15, 0.2) is 0 Å². The number of phosphoric ester groups is 2. The normalized spacial score (nSPS) is 14.0. The molecule has 111 heavy (non-hydrogen) atoms. The van der Waals surface area contributed by atoms with Crippen molar-refractivity contribution in [2.75, 3.05) is 39.6 Å². The number of carbonyl (C=O) groups is 4. The van der Waals surface area contributed by atoms with Gasteiger partial charge in [0.25, 0.3) is 0 Å². The molecule has 3 N–H and O–H groups in total. The number of aliphatic hydroxyl groups is 1. The quantitative estimate of drug-likeness (QED) is 0.0222. The Bertz CT molecular complexity index is 2130. The van der Waals surface area contributed by atoms with E-state index in [0.717, 1.165) is 108 Å². The average molecular weight is 1620 g/mol. The molecule has 0 saturated carbocycles. The third kappa shape index (κ3) is 84.3. The van der Waals surface area contributed by atoms with Crippen LogP contribution in [0.3, 0.4) is 0 Å². The van der Waals surface area contributed by atoms with Gasteiger partial charge >= 0.3 is 39.5 Å². The summed E-state index contributed by atoms with van der Waals surface area (Å²) in [6.07, 6.45) is 75.2. The van der Waals surface area contributed by atoms with Gasteiger partial charge in [-0.25, -0.2) is 9.13 Å². The molecule has 0 aromatic heterocycles. The van der Waals surface area contributed by atoms with Crippen molar-refractivity contribution in [3.05, 3.63) is 0 Å². The van der Waals surface area contributed by atoms with Crippen LogP contribution in [0.1, 0.15) is 492 Å². The largest absolute Gasteiger partial charge is 0.472 e. The molecule has 0 rings (SSSR count). The zero-order valence-electron chi connectivity index (χ0n) is 73.4. The molecule has 0 saturated heterocycles. The molecule has 0 bridgehead atoms. The minimum absolute atomic E-state index is 0.107. The van der Waals surface area contributed by atoms with Gasteiger partial charge in [0.15, 0.2) is 12.2 Å². The zero-order chi connectivity index (χ0) is 81.5. The van der Waals surface area contributed by atoms with Gasteiger partial charge in [0.1, 0.15) is 19.3 Å². The Morgan fingerprint density at radius 2 is 0.459 bits per heavy atom. The highest BCUT2D eigenvalue weighted by atomic mass is 31.2. The summed E-state index contributed by atoms with van der Waals surface area (Å²) in [5, 5.41) is 10.7. The van der Waals surface area contributed by atoms with Gasteiger partial charge < -0.3 is 33.8 Å². The predicted octanol–water partition coefficient (Wildman–Crippen LogP) is 28.4. The molecule has 0 amide bonds. The lowest BCUT2D eigenvalue weighted by Crippen LogP contribution is -2.30. The second kappa shape index (κ2) is 81.8. The molecule has 3 unspecified atom stereocenters. The molecule has 0 heterocycles. The average Bonchev–Trinajstić information content (AvgIpc) is 0.899. The Balaban J connectivity index is 5.22.